The summed E-state index contributed by atoms with van der Waals surface area (Å²) in [6, 6.07) is 15.7. The van der Waals surface area contributed by atoms with E-state index in [2.05, 4.69) is 20.9 Å². The largest absolute Gasteiger partial charge is 0.489 e. The van der Waals surface area contributed by atoms with Crippen LogP contribution in [0.4, 0.5) is 0 Å². The van der Waals surface area contributed by atoms with E-state index in [1.54, 1.807) is 0 Å². The van der Waals surface area contributed by atoms with E-state index < -0.39 is 0 Å². The van der Waals surface area contributed by atoms with Crippen LogP contribution >= 0.6 is 15.9 Å². The molecule has 0 spiro atoms. The molecule has 0 radical (unpaired) electrons. The molecule has 1 N–H and O–H groups in total. The number of H-pyrrole nitrogens is 1. The van der Waals surface area contributed by atoms with E-state index in [1.165, 1.54) is 0 Å². The molecule has 100 valence electrons. The quantitative estimate of drug-likeness (QED) is 0.724. The molecular weight excluding hydrogens is 318 g/mol. The number of carbonyl (C=O) groups is 1. The van der Waals surface area contributed by atoms with Crippen molar-refractivity contribution in [2.75, 3.05) is 0 Å². The van der Waals surface area contributed by atoms with Gasteiger partial charge in [0.05, 0.1) is 10.2 Å². The first-order chi connectivity index (χ1) is 9.78. The Bertz CT molecular complexity index is 750. The zero-order valence-corrected chi connectivity index (χ0v) is 12.2. The molecule has 3 rings (SSSR count). The summed E-state index contributed by atoms with van der Waals surface area (Å²) >= 11 is 3.42. The summed E-state index contributed by atoms with van der Waals surface area (Å²) in [5.74, 6) is 0.776. The summed E-state index contributed by atoms with van der Waals surface area (Å²) in [6.07, 6.45) is 0.800. The van der Waals surface area contributed by atoms with E-state index >= 15 is 0 Å². The number of nitrogens with one attached hydrogen (secondary N) is 1. The maximum Gasteiger partial charge on any atom is 0.167 e. The monoisotopic (exact) mass is 329 g/mol. The highest BCUT2D eigenvalue weighted by Crippen LogP contribution is 2.30. The van der Waals surface area contributed by atoms with Gasteiger partial charge in [-0.1, -0.05) is 30.3 Å². The van der Waals surface area contributed by atoms with E-state index in [9.17, 15) is 4.79 Å². The molecule has 0 atom stereocenters. The highest BCUT2D eigenvalue weighted by molar-refractivity contribution is 9.10. The molecule has 0 bridgehead atoms. The Kier molecular flexibility index (Phi) is 3.56. The normalized spacial score (nSPS) is 10.7. The number of hydrogen-bond acceptors (Lipinski definition) is 2. The van der Waals surface area contributed by atoms with E-state index in [0.717, 1.165) is 33.0 Å². The van der Waals surface area contributed by atoms with Crippen LogP contribution in [0.3, 0.4) is 0 Å². The number of carbonyl (C=O) groups excluding carboxylic acids is 1. The lowest BCUT2D eigenvalue weighted by Crippen LogP contribution is -1.94. The molecule has 3 nitrogen and oxygen atoms in total. The third-order valence-corrected chi connectivity index (χ3v) is 3.95. The molecule has 0 unspecified atom stereocenters. The van der Waals surface area contributed by atoms with Crippen LogP contribution in [-0.4, -0.2) is 11.3 Å². The molecule has 0 fully saturated rings. The van der Waals surface area contributed by atoms with Gasteiger partial charge < -0.3 is 9.72 Å². The number of halogens is 1. The van der Waals surface area contributed by atoms with Gasteiger partial charge in [-0.25, -0.2) is 0 Å². The Morgan fingerprint density at radius 1 is 1.15 bits per heavy atom. The van der Waals surface area contributed by atoms with Gasteiger partial charge in [-0.3, -0.25) is 4.79 Å². The minimum Gasteiger partial charge on any atom is -0.489 e. The van der Waals surface area contributed by atoms with Crippen molar-refractivity contribution in [3.8, 4) is 5.75 Å². The number of hydrogen-bond donors (Lipinski definition) is 1. The molecule has 4 heteroatoms. The molecule has 3 aromatic rings. The van der Waals surface area contributed by atoms with E-state index in [0.29, 0.717) is 12.3 Å². The number of benzene rings is 2. The van der Waals surface area contributed by atoms with Gasteiger partial charge in [0.15, 0.2) is 6.29 Å². The van der Waals surface area contributed by atoms with Crippen molar-refractivity contribution in [1.82, 2.24) is 4.98 Å². The van der Waals surface area contributed by atoms with Crippen molar-refractivity contribution in [3.63, 3.8) is 0 Å². The predicted octanol–water partition coefficient (Wildman–Crippen LogP) is 4.32. The second-order valence-corrected chi connectivity index (χ2v) is 5.25. The van der Waals surface area contributed by atoms with Crippen molar-refractivity contribution >= 4 is 33.1 Å². The van der Waals surface area contributed by atoms with Gasteiger partial charge in [-0.05, 0) is 39.7 Å². The van der Waals surface area contributed by atoms with Gasteiger partial charge in [0.1, 0.15) is 12.4 Å². The smallest absolute Gasteiger partial charge is 0.167 e. The summed E-state index contributed by atoms with van der Waals surface area (Å²) in [7, 11) is 0. The summed E-state index contributed by atoms with van der Waals surface area (Å²) in [5, 5.41) is 0.942. The summed E-state index contributed by atoms with van der Waals surface area (Å²) in [4.78, 5) is 13.9. The second kappa shape index (κ2) is 5.51. The van der Waals surface area contributed by atoms with Gasteiger partial charge in [-0.2, -0.15) is 0 Å². The Morgan fingerprint density at radius 3 is 2.70 bits per heavy atom. The molecular formula is C16H12BrNO2. The minimum atomic E-state index is 0.523. The van der Waals surface area contributed by atoms with Crippen LogP contribution in [-0.2, 0) is 6.61 Å². The minimum absolute atomic E-state index is 0.523. The van der Waals surface area contributed by atoms with Gasteiger partial charge in [0.25, 0.3) is 0 Å². The van der Waals surface area contributed by atoms with E-state index in [4.69, 9.17) is 4.74 Å². The molecule has 0 saturated carbocycles. The van der Waals surface area contributed by atoms with Crippen LogP contribution in [0, 0.1) is 0 Å². The average molecular weight is 330 g/mol. The topological polar surface area (TPSA) is 42.1 Å². The maximum atomic E-state index is 10.9. The van der Waals surface area contributed by atoms with Crippen molar-refractivity contribution in [2.45, 2.75) is 6.61 Å². The predicted molar refractivity (Wildman–Crippen MR) is 82.2 cm³/mol. The lowest BCUT2D eigenvalue weighted by atomic mass is 10.2. The fraction of sp³-hybridized carbons (Fsp3) is 0.0625. The highest BCUT2D eigenvalue weighted by Gasteiger charge is 2.09. The maximum absolute atomic E-state index is 10.9. The summed E-state index contributed by atoms with van der Waals surface area (Å²) in [5.41, 5.74) is 2.57. The molecule has 0 aliphatic heterocycles. The Balaban J connectivity index is 1.85. The Morgan fingerprint density at radius 2 is 1.95 bits per heavy atom. The Hall–Kier alpha value is -2.07. The fourth-order valence-corrected chi connectivity index (χ4v) is 2.59. The summed E-state index contributed by atoms with van der Waals surface area (Å²) in [6.45, 7) is 0.523. The molecule has 20 heavy (non-hydrogen) atoms. The number of rotatable bonds is 4. The number of ether oxygens (including phenoxy) is 1. The third kappa shape index (κ3) is 2.47. The molecule has 1 aromatic heterocycles. The van der Waals surface area contributed by atoms with Crippen LogP contribution < -0.4 is 4.74 Å². The Labute approximate surface area is 124 Å². The number of aromatic amines is 1. The number of fused-ring (bicyclic) bond motifs is 1. The van der Waals surface area contributed by atoms with Crippen molar-refractivity contribution in [2.24, 2.45) is 0 Å². The third-order valence-electron chi connectivity index (χ3n) is 3.10. The van der Waals surface area contributed by atoms with E-state index in [-0.39, 0.29) is 0 Å². The fourth-order valence-electron chi connectivity index (χ4n) is 2.07. The summed E-state index contributed by atoms with van der Waals surface area (Å²) < 4.78 is 6.55. The first kappa shape index (κ1) is 12.9. The molecule has 0 aliphatic rings. The van der Waals surface area contributed by atoms with Gasteiger partial charge >= 0.3 is 0 Å². The molecule has 1 heterocycles. The lowest BCUT2D eigenvalue weighted by molar-refractivity contribution is 0.111. The van der Waals surface area contributed by atoms with Crippen LogP contribution in [0.25, 0.3) is 10.9 Å². The van der Waals surface area contributed by atoms with Gasteiger partial charge in [0, 0.05) is 10.9 Å². The van der Waals surface area contributed by atoms with Crippen molar-refractivity contribution in [3.05, 3.63) is 64.3 Å². The zero-order chi connectivity index (χ0) is 13.9. The second-order valence-electron chi connectivity index (χ2n) is 4.45. The zero-order valence-electron chi connectivity index (χ0n) is 10.6. The standard InChI is InChI=1S/C16H12BrNO2/c17-16-13-8-12(6-7-14(13)18-15(16)9-19)20-10-11-4-2-1-3-5-11/h1-9,18H,10H2. The van der Waals surface area contributed by atoms with E-state index in [1.807, 2.05) is 48.5 Å². The molecule has 0 amide bonds. The first-order valence-corrected chi connectivity index (χ1v) is 7.00. The van der Waals surface area contributed by atoms with Crippen LogP contribution in [0.2, 0.25) is 0 Å². The van der Waals surface area contributed by atoms with Crippen molar-refractivity contribution < 1.29 is 9.53 Å². The van der Waals surface area contributed by atoms with Crippen LogP contribution in [0.5, 0.6) is 5.75 Å². The molecule has 0 aliphatic carbocycles. The molecule has 0 saturated heterocycles. The van der Waals surface area contributed by atoms with Crippen molar-refractivity contribution in [1.29, 1.82) is 0 Å². The average Bonchev–Trinajstić information content (AvgIpc) is 2.82. The lowest BCUT2D eigenvalue weighted by Gasteiger charge is -2.06. The van der Waals surface area contributed by atoms with Gasteiger partial charge in [0.2, 0.25) is 0 Å². The number of aromatic nitrogens is 1. The SMILES string of the molecule is O=Cc1[nH]c2ccc(OCc3ccccc3)cc2c1Br. The van der Waals surface area contributed by atoms with Crippen LogP contribution in [0.15, 0.2) is 53.0 Å². The molecule has 2 aromatic carbocycles. The number of aldehydes is 1. The van der Waals surface area contributed by atoms with Gasteiger partial charge in [-0.15, -0.1) is 0 Å². The van der Waals surface area contributed by atoms with Crippen LogP contribution in [0.1, 0.15) is 16.1 Å². The highest BCUT2D eigenvalue weighted by atomic mass is 79.9. The first-order valence-electron chi connectivity index (χ1n) is 6.21.